The third-order valence-corrected chi connectivity index (χ3v) is 4.35. The Morgan fingerprint density at radius 3 is 2.70 bits per heavy atom. The largest absolute Gasteiger partial charge is 0.318 e. The van der Waals surface area contributed by atoms with Gasteiger partial charge in [0.05, 0.1) is 10.6 Å². The van der Waals surface area contributed by atoms with Crippen molar-refractivity contribution in [1.82, 2.24) is 19.6 Å². The maximum atomic E-state index is 13.8. The van der Waals surface area contributed by atoms with E-state index in [1.165, 1.54) is 33.8 Å². The third-order valence-electron chi connectivity index (χ3n) is 3.86. The second-order valence-electron chi connectivity index (χ2n) is 5.74. The van der Waals surface area contributed by atoms with E-state index in [4.69, 9.17) is 0 Å². The summed E-state index contributed by atoms with van der Waals surface area (Å²) in [5.41, 5.74) is 0.746. The molecule has 1 aromatic carbocycles. The van der Waals surface area contributed by atoms with Crippen LogP contribution < -0.4 is 5.32 Å². The summed E-state index contributed by atoms with van der Waals surface area (Å²) in [6, 6.07) is 5.74. The van der Waals surface area contributed by atoms with Gasteiger partial charge in [-0.15, -0.1) is 0 Å². The van der Waals surface area contributed by atoms with Crippen molar-refractivity contribution < 1.29 is 14.1 Å². The number of rotatable bonds is 5. The Balaban J connectivity index is 1.76. The van der Waals surface area contributed by atoms with Crippen LogP contribution in [0.15, 0.2) is 34.9 Å². The maximum absolute atomic E-state index is 13.8. The monoisotopic (exact) mass is 436 g/mol. The van der Waals surface area contributed by atoms with Crippen molar-refractivity contribution >= 4 is 33.2 Å². The lowest BCUT2D eigenvalue weighted by Gasteiger charge is -2.05. The highest BCUT2D eigenvalue weighted by Crippen LogP contribution is 2.22. The predicted molar refractivity (Wildman–Crippen MR) is 98.0 cm³/mol. The molecule has 0 radical (unpaired) electrons. The third kappa shape index (κ3) is 3.87. The first-order valence-corrected chi connectivity index (χ1v) is 8.54. The molecular formula is C16H14BrFN6O3. The molecule has 3 aromatic rings. The number of hydrogen-bond donors (Lipinski definition) is 1. The second kappa shape index (κ2) is 7.27. The molecule has 1 N–H and O–H groups in total. The number of benzene rings is 1. The first kappa shape index (κ1) is 18.7. The topological polar surface area (TPSA) is 108 Å². The van der Waals surface area contributed by atoms with E-state index in [1.807, 2.05) is 0 Å². The lowest BCUT2D eigenvalue weighted by Crippen LogP contribution is -2.16. The van der Waals surface area contributed by atoms with E-state index >= 15 is 0 Å². The van der Waals surface area contributed by atoms with E-state index in [0.717, 1.165) is 0 Å². The van der Waals surface area contributed by atoms with Gasteiger partial charge >= 0.3 is 5.69 Å². The van der Waals surface area contributed by atoms with Gasteiger partial charge in [0, 0.05) is 10.7 Å². The summed E-state index contributed by atoms with van der Waals surface area (Å²) in [7, 11) is 0. The van der Waals surface area contributed by atoms with E-state index < -0.39 is 16.6 Å². The van der Waals surface area contributed by atoms with Crippen LogP contribution in [0, 0.1) is 29.8 Å². The molecule has 0 aliphatic rings. The van der Waals surface area contributed by atoms with Gasteiger partial charge in [-0.1, -0.05) is 15.9 Å². The summed E-state index contributed by atoms with van der Waals surface area (Å²) in [5.74, 6) is -1.15. The van der Waals surface area contributed by atoms with Gasteiger partial charge < -0.3 is 5.32 Å². The molecule has 11 heteroatoms. The van der Waals surface area contributed by atoms with Crippen LogP contribution in [0.25, 0.3) is 0 Å². The zero-order valence-corrected chi connectivity index (χ0v) is 15.9. The molecule has 2 heterocycles. The van der Waals surface area contributed by atoms with Gasteiger partial charge in [0.1, 0.15) is 23.9 Å². The number of halogens is 2. The summed E-state index contributed by atoms with van der Waals surface area (Å²) < 4.78 is 17.2. The summed E-state index contributed by atoms with van der Waals surface area (Å²) in [5, 5.41) is 21.8. The smallest absolute Gasteiger partial charge is 0.312 e. The van der Waals surface area contributed by atoms with Gasteiger partial charge in [0.2, 0.25) is 0 Å². The number of nitrogens with one attached hydrogen (secondary N) is 1. The number of anilines is 1. The first-order valence-electron chi connectivity index (χ1n) is 7.74. The molecule has 0 atom stereocenters. The van der Waals surface area contributed by atoms with Crippen molar-refractivity contribution in [3.05, 3.63) is 67.9 Å². The first-order chi connectivity index (χ1) is 12.8. The number of nitro groups is 1. The minimum Gasteiger partial charge on any atom is -0.318 e. The van der Waals surface area contributed by atoms with Crippen molar-refractivity contribution in [2.45, 2.75) is 20.5 Å². The maximum Gasteiger partial charge on any atom is 0.312 e. The van der Waals surface area contributed by atoms with Crippen LogP contribution in [0.2, 0.25) is 0 Å². The van der Waals surface area contributed by atoms with Gasteiger partial charge in [0.15, 0.2) is 5.69 Å². The molecule has 27 heavy (non-hydrogen) atoms. The normalized spacial score (nSPS) is 10.8. The van der Waals surface area contributed by atoms with Crippen LogP contribution in [0.4, 0.5) is 15.8 Å². The molecule has 0 unspecified atom stereocenters. The Hall–Kier alpha value is -3.08. The lowest BCUT2D eigenvalue weighted by molar-refractivity contribution is -0.386. The van der Waals surface area contributed by atoms with Crippen molar-refractivity contribution in [3.8, 4) is 0 Å². The van der Waals surface area contributed by atoms with Crippen molar-refractivity contribution in [2.24, 2.45) is 0 Å². The molecule has 0 bridgehead atoms. The number of nitrogens with zero attached hydrogens (tertiary/aromatic N) is 5. The van der Waals surface area contributed by atoms with Gasteiger partial charge in [-0.2, -0.15) is 10.2 Å². The molecule has 140 valence electrons. The van der Waals surface area contributed by atoms with E-state index in [1.54, 1.807) is 19.9 Å². The van der Waals surface area contributed by atoms with Gasteiger partial charge in [-0.3, -0.25) is 19.6 Å². The minimum atomic E-state index is -0.577. The average molecular weight is 437 g/mol. The fourth-order valence-corrected chi connectivity index (χ4v) is 2.90. The van der Waals surface area contributed by atoms with Crippen LogP contribution in [-0.4, -0.2) is 30.4 Å². The van der Waals surface area contributed by atoms with Crippen LogP contribution in [0.1, 0.15) is 21.9 Å². The van der Waals surface area contributed by atoms with Crippen molar-refractivity contribution in [2.75, 3.05) is 5.32 Å². The number of hydrogen-bond acceptors (Lipinski definition) is 5. The molecule has 9 nitrogen and oxygen atoms in total. The fraction of sp³-hybridized carbons (Fsp3) is 0.188. The van der Waals surface area contributed by atoms with Crippen LogP contribution in [0.3, 0.4) is 0 Å². The Morgan fingerprint density at radius 2 is 2.07 bits per heavy atom. The van der Waals surface area contributed by atoms with Gasteiger partial charge in [-0.25, -0.2) is 9.07 Å². The van der Waals surface area contributed by atoms with Crippen molar-refractivity contribution in [3.63, 3.8) is 0 Å². The molecule has 0 saturated carbocycles. The summed E-state index contributed by atoms with van der Waals surface area (Å²) in [4.78, 5) is 22.8. The molecule has 0 aliphatic carbocycles. The molecule has 0 saturated heterocycles. The number of carbonyl (C=O) groups excluding carboxylic acids is 1. The standard InChI is InChI=1S/C16H14BrFN6O3/c1-9-15(24(26)27)10(2)23(20-9)8-22-6-5-14(21-22)16(25)19-13-4-3-11(17)7-12(13)18/h3-7H,8H2,1-2H3,(H,19,25). The highest BCUT2D eigenvalue weighted by molar-refractivity contribution is 9.10. The zero-order chi connectivity index (χ0) is 19.7. The highest BCUT2D eigenvalue weighted by atomic mass is 79.9. The zero-order valence-electron chi connectivity index (χ0n) is 14.3. The van der Waals surface area contributed by atoms with Crippen LogP contribution in [0.5, 0.6) is 0 Å². The minimum absolute atomic E-state index is 0.0342. The second-order valence-corrected chi connectivity index (χ2v) is 6.65. The number of aromatic nitrogens is 4. The Morgan fingerprint density at radius 1 is 1.33 bits per heavy atom. The predicted octanol–water partition coefficient (Wildman–Crippen LogP) is 3.26. The van der Waals surface area contributed by atoms with Crippen molar-refractivity contribution in [1.29, 1.82) is 0 Å². The Kier molecular flexibility index (Phi) is 5.04. The average Bonchev–Trinajstić information content (AvgIpc) is 3.15. The SMILES string of the molecule is Cc1nn(Cn2ccc(C(=O)Nc3ccc(Br)cc3F)n2)c(C)c1[N+](=O)[O-]. The molecule has 1 amide bonds. The molecule has 0 fully saturated rings. The quantitative estimate of drug-likeness (QED) is 0.487. The van der Waals surface area contributed by atoms with E-state index in [-0.39, 0.29) is 23.7 Å². The number of amides is 1. The Bertz CT molecular complexity index is 1040. The lowest BCUT2D eigenvalue weighted by atomic mass is 10.3. The molecule has 0 aliphatic heterocycles. The molecule has 0 spiro atoms. The van der Waals surface area contributed by atoms with Crippen LogP contribution in [-0.2, 0) is 6.67 Å². The van der Waals surface area contributed by atoms with E-state index in [0.29, 0.717) is 15.9 Å². The number of carbonyl (C=O) groups is 1. The summed E-state index contributed by atoms with van der Waals surface area (Å²) >= 11 is 3.14. The highest BCUT2D eigenvalue weighted by Gasteiger charge is 2.22. The van der Waals surface area contributed by atoms with Gasteiger partial charge in [0.25, 0.3) is 5.91 Å². The van der Waals surface area contributed by atoms with E-state index in [9.17, 15) is 19.3 Å². The van der Waals surface area contributed by atoms with E-state index in [2.05, 4.69) is 31.4 Å². The molecule has 3 rings (SSSR count). The Labute approximate surface area is 161 Å². The molecular weight excluding hydrogens is 423 g/mol. The molecule has 2 aromatic heterocycles. The van der Waals surface area contributed by atoms with Crippen LogP contribution >= 0.6 is 15.9 Å². The fourth-order valence-electron chi connectivity index (χ4n) is 2.57. The summed E-state index contributed by atoms with van der Waals surface area (Å²) in [6.07, 6.45) is 1.54. The summed E-state index contributed by atoms with van der Waals surface area (Å²) in [6.45, 7) is 3.24. The van der Waals surface area contributed by atoms with Gasteiger partial charge in [-0.05, 0) is 38.1 Å². The number of aryl methyl sites for hydroxylation is 1.